The van der Waals surface area contributed by atoms with Crippen LogP contribution in [0.25, 0.3) is 21.5 Å². The van der Waals surface area contributed by atoms with Crippen molar-refractivity contribution in [1.82, 2.24) is 5.32 Å². The molecule has 1 heteroatoms. The van der Waals surface area contributed by atoms with Crippen LogP contribution in [0.15, 0.2) is 84.9 Å². The Kier molecular flexibility index (Phi) is 4.25. The van der Waals surface area contributed by atoms with Crippen LogP contribution in [0.3, 0.4) is 0 Å². The van der Waals surface area contributed by atoms with Crippen LogP contribution in [-0.4, -0.2) is 0 Å². The molecular formula is C24H23N. The minimum Gasteiger partial charge on any atom is -0.304 e. The fraction of sp³-hybridized carbons (Fsp3) is 0.167. The third kappa shape index (κ3) is 3.04. The number of nitrogens with one attached hydrogen (secondary N) is 1. The zero-order chi connectivity index (χ0) is 17.2. The van der Waals surface area contributed by atoms with E-state index in [0.29, 0.717) is 0 Å². The van der Waals surface area contributed by atoms with Gasteiger partial charge in [-0.1, -0.05) is 84.9 Å². The highest BCUT2D eigenvalue weighted by Gasteiger charge is 2.14. The maximum Gasteiger partial charge on any atom is 0.0303 e. The highest BCUT2D eigenvalue weighted by Crippen LogP contribution is 2.29. The number of hydrogen-bond donors (Lipinski definition) is 1. The lowest BCUT2D eigenvalue weighted by atomic mass is 9.96. The van der Waals surface area contributed by atoms with Gasteiger partial charge in [-0.2, -0.15) is 0 Å². The molecule has 0 fully saturated rings. The van der Waals surface area contributed by atoms with E-state index in [4.69, 9.17) is 0 Å². The van der Waals surface area contributed by atoms with Gasteiger partial charge in [-0.25, -0.2) is 0 Å². The van der Waals surface area contributed by atoms with Crippen molar-refractivity contribution in [2.45, 2.75) is 25.9 Å². The van der Waals surface area contributed by atoms with E-state index in [1.165, 1.54) is 32.7 Å². The minimum absolute atomic E-state index is 0.278. The van der Waals surface area contributed by atoms with E-state index in [1.807, 2.05) is 0 Å². The smallest absolute Gasteiger partial charge is 0.0303 e. The molecule has 1 N–H and O–H groups in total. The molecule has 0 radical (unpaired) electrons. The summed E-state index contributed by atoms with van der Waals surface area (Å²) < 4.78 is 0. The lowest BCUT2D eigenvalue weighted by Crippen LogP contribution is -2.22. The molecule has 0 aromatic heterocycles. The van der Waals surface area contributed by atoms with Gasteiger partial charge < -0.3 is 5.32 Å². The Morgan fingerprint density at radius 3 is 1.40 bits per heavy atom. The topological polar surface area (TPSA) is 12.0 Å². The highest BCUT2D eigenvalue weighted by atomic mass is 14.9. The number of hydrogen-bond acceptors (Lipinski definition) is 1. The summed E-state index contributed by atoms with van der Waals surface area (Å²) in [6.45, 7) is 4.51. The molecule has 1 nitrogen and oxygen atoms in total. The lowest BCUT2D eigenvalue weighted by molar-refractivity contribution is 0.499. The van der Waals surface area contributed by atoms with E-state index in [-0.39, 0.29) is 12.1 Å². The van der Waals surface area contributed by atoms with Gasteiger partial charge >= 0.3 is 0 Å². The zero-order valence-corrected chi connectivity index (χ0v) is 14.7. The predicted molar refractivity (Wildman–Crippen MR) is 108 cm³/mol. The van der Waals surface area contributed by atoms with Gasteiger partial charge in [0, 0.05) is 12.1 Å². The fourth-order valence-corrected chi connectivity index (χ4v) is 3.81. The highest BCUT2D eigenvalue weighted by molar-refractivity contribution is 5.87. The Morgan fingerprint density at radius 1 is 0.520 bits per heavy atom. The minimum atomic E-state index is 0.278. The van der Waals surface area contributed by atoms with Gasteiger partial charge in [-0.05, 0) is 46.5 Å². The maximum absolute atomic E-state index is 3.80. The van der Waals surface area contributed by atoms with Gasteiger partial charge in [0.25, 0.3) is 0 Å². The van der Waals surface area contributed by atoms with Gasteiger partial charge in [0.05, 0.1) is 0 Å². The summed E-state index contributed by atoms with van der Waals surface area (Å²) in [6.07, 6.45) is 0. The Hall–Kier alpha value is -2.64. The number of benzene rings is 4. The van der Waals surface area contributed by atoms with Crippen LogP contribution < -0.4 is 5.32 Å². The van der Waals surface area contributed by atoms with E-state index < -0.39 is 0 Å². The molecule has 0 aliphatic heterocycles. The molecule has 0 saturated carbocycles. The molecule has 0 aliphatic rings. The molecule has 0 unspecified atom stereocenters. The molecule has 0 spiro atoms. The second-order valence-corrected chi connectivity index (χ2v) is 6.75. The molecule has 25 heavy (non-hydrogen) atoms. The average Bonchev–Trinajstić information content (AvgIpc) is 2.67. The van der Waals surface area contributed by atoms with Gasteiger partial charge in [0.1, 0.15) is 0 Å². The summed E-state index contributed by atoms with van der Waals surface area (Å²) in [5, 5.41) is 9.05. The summed E-state index contributed by atoms with van der Waals surface area (Å²) in [4.78, 5) is 0. The van der Waals surface area contributed by atoms with Crippen LogP contribution in [0, 0.1) is 0 Å². The first kappa shape index (κ1) is 15.9. The summed E-state index contributed by atoms with van der Waals surface area (Å²) in [5.41, 5.74) is 2.70. The first-order valence-electron chi connectivity index (χ1n) is 8.95. The molecule has 4 aromatic carbocycles. The van der Waals surface area contributed by atoms with Crippen molar-refractivity contribution in [3.8, 4) is 0 Å². The summed E-state index contributed by atoms with van der Waals surface area (Å²) in [6, 6.07) is 30.9. The molecule has 0 amide bonds. The molecular weight excluding hydrogens is 302 g/mol. The molecule has 2 atom stereocenters. The lowest BCUT2D eigenvalue weighted by Gasteiger charge is -2.23. The zero-order valence-electron chi connectivity index (χ0n) is 14.7. The molecule has 4 aromatic rings. The van der Waals surface area contributed by atoms with Crippen LogP contribution in [0.4, 0.5) is 0 Å². The quantitative estimate of drug-likeness (QED) is 0.457. The maximum atomic E-state index is 3.80. The van der Waals surface area contributed by atoms with Crippen LogP contribution in [0.2, 0.25) is 0 Å². The van der Waals surface area contributed by atoms with E-state index in [2.05, 4.69) is 104 Å². The summed E-state index contributed by atoms with van der Waals surface area (Å²) in [7, 11) is 0. The van der Waals surface area contributed by atoms with Crippen molar-refractivity contribution in [2.24, 2.45) is 0 Å². The summed E-state index contributed by atoms with van der Waals surface area (Å²) >= 11 is 0. The molecule has 4 rings (SSSR count). The molecule has 0 saturated heterocycles. The first-order chi connectivity index (χ1) is 12.2. The van der Waals surface area contributed by atoms with Crippen molar-refractivity contribution < 1.29 is 0 Å². The van der Waals surface area contributed by atoms with Crippen molar-refractivity contribution in [1.29, 1.82) is 0 Å². The second kappa shape index (κ2) is 6.70. The van der Waals surface area contributed by atoms with Crippen molar-refractivity contribution in [3.63, 3.8) is 0 Å². The monoisotopic (exact) mass is 325 g/mol. The van der Waals surface area contributed by atoms with E-state index >= 15 is 0 Å². The van der Waals surface area contributed by atoms with E-state index in [9.17, 15) is 0 Å². The van der Waals surface area contributed by atoms with E-state index in [1.54, 1.807) is 0 Å². The standard InChI is InChI=1S/C24H23N/c1-17(21-15-7-11-19-9-3-5-13-23(19)21)25-18(2)22-16-8-12-20-10-4-6-14-24(20)22/h3-18,25H,1-2H3/t17-,18-/m0/s1. The molecule has 124 valence electrons. The fourth-order valence-electron chi connectivity index (χ4n) is 3.81. The van der Waals surface area contributed by atoms with Gasteiger partial charge in [0.2, 0.25) is 0 Å². The normalized spacial score (nSPS) is 13.8. The third-order valence-electron chi connectivity index (χ3n) is 5.08. The number of rotatable bonds is 4. The van der Waals surface area contributed by atoms with Gasteiger partial charge in [0.15, 0.2) is 0 Å². The Bertz CT molecular complexity index is 925. The van der Waals surface area contributed by atoms with Crippen LogP contribution >= 0.6 is 0 Å². The van der Waals surface area contributed by atoms with Crippen molar-refractivity contribution >= 4 is 21.5 Å². The van der Waals surface area contributed by atoms with E-state index in [0.717, 1.165) is 0 Å². The van der Waals surface area contributed by atoms with Crippen molar-refractivity contribution in [3.05, 3.63) is 96.1 Å². The van der Waals surface area contributed by atoms with Crippen LogP contribution in [0.1, 0.15) is 37.1 Å². The second-order valence-electron chi connectivity index (χ2n) is 6.75. The largest absolute Gasteiger partial charge is 0.304 e. The molecule has 0 heterocycles. The predicted octanol–water partition coefficient (Wildman–Crippen LogP) is 6.40. The van der Waals surface area contributed by atoms with Gasteiger partial charge in [-0.15, -0.1) is 0 Å². The summed E-state index contributed by atoms with van der Waals surface area (Å²) in [5.74, 6) is 0. The van der Waals surface area contributed by atoms with Crippen LogP contribution in [-0.2, 0) is 0 Å². The van der Waals surface area contributed by atoms with Crippen LogP contribution in [0.5, 0.6) is 0 Å². The first-order valence-corrected chi connectivity index (χ1v) is 8.95. The Morgan fingerprint density at radius 2 is 0.920 bits per heavy atom. The average molecular weight is 325 g/mol. The Balaban J connectivity index is 1.66. The SMILES string of the molecule is C[C@H](N[C@@H](C)c1cccc2ccccc12)c1cccc2ccccc12. The molecule has 0 bridgehead atoms. The van der Waals surface area contributed by atoms with Crippen molar-refractivity contribution in [2.75, 3.05) is 0 Å². The Labute approximate surface area is 149 Å². The third-order valence-corrected chi connectivity index (χ3v) is 5.08. The number of fused-ring (bicyclic) bond motifs is 2. The molecule has 0 aliphatic carbocycles. The van der Waals surface area contributed by atoms with Gasteiger partial charge in [-0.3, -0.25) is 0 Å².